The Hall–Kier alpha value is -0.727. The zero-order valence-corrected chi connectivity index (χ0v) is 12.5. The van der Waals surface area contributed by atoms with Crippen LogP contribution in [0.15, 0.2) is 40.9 Å². The summed E-state index contributed by atoms with van der Waals surface area (Å²) in [4.78, 5) is 10.9. The second-order valence-corrected chi connectivity index (χ2v) is 3.89. The Morgan fingerprint density at radius 2 is 1.93 bits per heavy atom. The molecule has 0 aliphatic rings. The summed E-state index contributed by atoms with van der Waals surface area (Å²) in [6.07, 6.45) is 0. The molecule has 0 unspecified atom stereocenters. The van der Waals surface area contributed by atoms with Crippen LogP contribution in [0, 0.1) is 0 Å². The van der Waals surface area contributed by atoms with Crippen molar-refractivity contribution in [2.24, 2.45) is 0 Å². The summed E-state index contributed by atoms with van der Waals surface area (Å²) in [5, 5.41) is 10.7. The van der Waals surface area contributed by atoms with Gasteiger partial charge in [0.05, 0.1) is 5.56 Å². The first-order chi connectivity index (χ1) is 6.68. The van der Waals surface area contributed by atoms with Gasteiger partial charge in [-0.25, -0.2) is 4.79 Å². The van der Waals surface area contributed by atoms with E-state index in [9.17, 15) is 4.79 Å². The summed E-state index contributed by atoms with van der Waals surface area (Å²) in [6.45, 7) is 0. The minimum atomic E-state index is -0.895. The van der Waals surface area contributed by atoms with E-state index in [0.29, 0.717) is 5.56 Å². The molecule has 0 aromatic heterocycles. The smallest absolute Gasteiger partial charge is 0.336 e. The Labute approximate surface area is 108 Å². The maximum atomic E-state index is 10.9. The number of hydrogen-bond donors (Lipinski definition) is 1. The van der Waals surface area contributed by atoms with Crippen molar-refractivity contribution >= 4 is 32.7 Å². The Kier molecular flexibility index (Phi) is 4.00. The largest absolute Gasteiger partial charge is 0.478 e. The molecule has 0 saturated carbocycles. The van der Waals surface area contributed by atoms with Crippen molar-refractivity contribution in [1.82, 2.24) is 0 Å². The number of carboxylic acid groups (broad SMARTS) is 1. The molecule has 2 aromatic rings. The molecule has 2 nitrogen and oxygen atoms in total. The van der Waals surface area contributed by atoms with Gasteiger partial charge in [-0.3, -0.25) is 0 Å². The molecular formula is C11H7BrO2Zn. The van der Waals surface area contributed by atoms with Crippen LogP contribution in [0.1, 0.15) is 10.4 Å². The molecule has 1 N–H and O–H groups in total. The molecule has 72 valence electrons. The van der Waals surface area contributed by atoms with Gasteiger partial charge in [-0.2, -0.15) is 0 Å². The molecule has 0 saturated heterocycles. The van der Waals surface area contributed by atoms with Gasteiger partial charge < -0.3 is 5.11 Å². The summed E-state index contributed by atoms with van der Waals surface area (Å²) < 4.78 is 0.888. The molecule has 0 aliphatic heterocycles. The fourth-order valence-corrected chi connectivity index (χ4v) is 1.79. The quantitative estimate of drug-likeness (QED) is 0.820. The van der Waals surface area contributed by atoms with Crippen LogP contribution in [-0.2, 0) is 19.5 Å². The van der Waals surface area contributed by atoms with Crippen molar-refractivity contribution in [2.75, 3.05) is 0 Å². The van der Waals surface area contributed by atoms with Crippen LogP contribution in [0.5, 0.6) is 0 Å². The Morgan fingerprint density at radius 1 is 1.20 bits per heavy atom. The number of rotatable bonds is 1. The normalized spacial score (nSPS) is 9.67. The van der Waals surface area contributed by atoms with E-state index in [2.05, 4.69) is 15.9 Å². The molecule has 2 aromatic carbocycles. The van der Waals surface area contributed by atoms with E-state index in [1.165, 1.54) is 0 Å². The van der Waals surface area contributed by atoms with E-state index in [-0.39, 0.29) is 19.5 Å². The van der Waals surface area contributed by atoms with E-state index in [4.69, 9.17) is 5.11 Å². The standard InChI is InChI=1S/C11H7BrO2.Zn/c12-8-5-4-7-2-1-3-9(11(13)14)10(7)6-8;/h1-6H,(H,13,14);. The van der Waals surface area contributed by atoms with E-state index < -0.39 is 5.97 Å². The molecule has 0 atom stereocenters. The summed E-state index contributed by atoms with van der Waals surface area (Å²) in [6, 6.07) is 10.9. The summed E-state index contributed by atoms with van der Waals surface area (Å²) in [5.74, 6) is -0.895. The second kappa shape index (κ2) is 4.86. The van der Waals surface area contributed by atoms with Gasteiger partial charge in [-0.05, 0) is 29.0 Å². The van der Waals surface area contributed by atoms with Crippen molar-refractivity contribution in [3.8, 4) is 0 Å². The molecule has 0 amide bonds. The van der Waals surface area contributed by atoms with Crippen LogP contribution >= 0.6 is 15.9 Å². The van der Waals surface area contributed by atoms with Crippen molar-refractivity contribution in [3.63, 3.8) is 0 Å². The van der Waals surface area contributed by atoms with E-state index in [1.807, 2.05) is 24.3 Å². The maximum absolute atomic E-state index is 10.9. The molecule has 0 radical (unpaired) electrons. The van der Waals surface area contributed by atoms with Crippen molar-refractivity contribution in [3.05, 3.63) is 46.4 Å². The summed E-state index contributed by atoms with van der Waals surface area (Å²) in [5.41, 5.74) is 0.337. The van der Waals surface area contributed by atoms with E-state index >= 15 is 0 Å². The molecule has 0 spiro atoms. The zero-order valence-electron chi connectivity index (χ0n) is 7.90. The number of fused-ring (bicyclic) bond motifs is 1. The van der Waals surface area contributed by atoms with Crippen LogP contribution in [0.2, 0.25) is 0 Å². The Bertz CT molecular complexity index is 511. The number of benzene rings is 2. The van der Waals surface area contributed by atoms with Crippen molar-refractivity contribution < 1.29 is 29.4 Å². The van der Waals surface area contributed by atoms with Crippen LogP contribution in [0.4, 0.5) is 0 Å². The molecule has 4 heteroatoms. The molecule has 0 aliphatic carbocycles. The third-order valence-electron chi connectivity index (χ3n) is 2.07. The average Bonchev–Trinajstić information content (AvgIpc) is 2.16. The van der Waals surface area contributed by atoms with Crippen LogP contribution in [0.3, 0.4) is 0 Å². The number of carboxylic acids is 1. The van der Waals surface area contributed by atoms with Gasteiger partial charge in [-0.1, -0.05) is 34.1 Å². The maximum Gasteiger partial charge on any atom is 0.336 e. The SMILES string of the molecule is O=C(O)c1cccc2ccc(Br)cc12.[Zn]. The molecular weight excluding hydrogens is 309 g/mol. The first-order valence-electron chi connectivity index (χ1n) is 4.10. The average molecular weight is 316 g/mol. The molecule has 15 heavy (non-hydrogen) atoms. The van der Waals surface area contributed by atoms with Gasteiger partial charge in [0.1, 0.15) is 0 Å². The van der Waals surface area contributed by atoms with Gasteiger partial charge in [0, 0.05) is 24.0 Å². The molecule has 0 fully saturated rings. The van der Waals surface area contributed by atoms with Crippen molar-refractivity contribution in [1.29, 1.82) is 0 Å². The first kappa shape index (κ1) is 12.3. The molecule has 0 heterocycles. The third-order valence-corrected chi connectivity index (χ3v) is 2.57. The van der Waals surface area contributed by atoms with E-state index in [0.717, 1.165) is 15.2 Å². The summed E-state index contributed by atoms with van der Waals surface area (Å²) >= 11 is 3.32. The van der Waals surface area contributed by atoms with Crippen LogP contribution < -0.4 is 0 Å². The third kappa shape index (κ3) is 2.44. The number of hydrogen-bond acceptors (Lipinski definition) is 1. The predicted octanol–water partition coefficient (Wildman–Crippen LogP) is 3.30. The fraction of sp³-hybridized carbons (Fsp3) is 0. The number of aromatic carboxylic acids is 1. The predicted molar refractivity (Wildman–Crippen MR) is 58.6 cm³/mol. The number of halogens is 1. The second-order valence-electron chi connectivity index (χ2n) is 2.98. The Morgan fingerprint density at radius 3 is 2.60 bits per heavy atom. The monoisotopic (exact) mass is 314 g/mol. The molecule has 0 bridgehead atoms. The Balaban J connectivity index is 0.00000112. The van der Waals surface area contributed by atoms with Crippen LogP contribution in [0.25, 0.3) is 10.8 Å². The van der Waals surface area contributed by atoms with Gasteiger partial charge in [0.2, 0.25) is 0 Å². The van der Waals surface area contributed by atoms with Gasteiger partial charge in [0.15, 0.2) is 0 Å². The minimum Gasteiger partial charge on any atom is -0.478 e. The molecule has 2 rings (SSSR count). The van der Waals surface area contributed by atoms with Gasteiger partial charge in [0.25, 0.3) is 0 Å². The number of carbonyl (C=O) groups is 1. The topological polar surface area (TPSA) is 37.3 Å². The minimum absolute atomic E-state index is 0. The van der Waals surface area contributed by atoms with Gasteiger partial charge in [-0.15, -0.1) is 0 Å². The van der Waals surface area contributed by atoms with E-state index in [1.54, 1.807) is 12.1 Å². The van der Waals surface area contributed by atoms with Gasteiger partial charge >= 0.3 is 5.97 Å². The fourth-order valence-electron chi connectivity index (χ4n) is 1.43. The zero-order chi connectivity index (χ0) is 10.1. The first-order valence-corrected chi connectivity index (χ1v) is 4.89. The van der Waals surface area contributed by atoms with Crippen LogP contribution in [-0.4, -0.2) is 11.1 Å². The summed E-state index contributed by atoms with van der Waals surface area (Å²) in [7, 11) is 0. The van der Waals surface area contributed by atoms with Crippen molar-refractivity contribution in [2.45, 2.75) is 0 Å².